The van der Waals surface area contributed by atoms with Crippen LogP contribution >= 0.6 is 0 Å². The van der Waals surface area contributed by atoms with Gasteiger partial charge in [0.15, 0.2) is 0 Å². The molecule has 0 N–H and O–H groups in total. The zero-order valence-corrected chi connectivity index (χ0v) is 12.0. The average molecular weight is 290 g/mol. The first kappa shape index (κ1) is 14.2. The highest BCUT2D eigenvalue weighted by molar-refractivity contribution is 5.78. The molecule has 2 aromatic carbocycles. The second kappa shape index (κ2) is 5.54. The fourth-order valence-corrected chi connectivity index (χ4v) is 2.96. The molecule has 0 unspecified atom stereocenters. The third-order valence-corrected chi connectivity index (χ3v) is 3.91. The second-order valence-corrected chi connectivity index (χ2v) is 5.16. The summed E-state index contributed by atoms with van der Waals surface area (Å²) in [5, 5.41) is 0. The number of hydrogen-bond acceptors (Lipinski definition) is 2. The van der Waals surface area contributed by atoms with Gasteiger partial charge in [-0.25, -0.2) is 8.78 Å². The van der Waals surface area contributed by atoms with E-state index in [9.17, 15) is 8.78 Å². The Morgan fingerprint density at radius 3 is 2.48 bits per heavy atom. The SMILES string of the molecule is COCc1cc2c(c(F)c1COC)Cc1c(F)cccc1-2. The molecular weight excluding hydrogens is 274 g/mol. The van der Waals surface area contributed by atoms with Crippen molar-refractivity contribution in [2.75, 3.05) is 14.2 Å². The third-order valence-electron chi connectivity index (χ3n) is 3.91. The lowest BCUT2D eigenvalue weighted by molar-refractivity contribution is 0.165. The van der Waals surface area contributed by atoms with E-state index in [1.807, 2.05) is 12.1 Å². The van der Waals surface area contributed by atoms with Crippen molar-refractivity contribution in [1.82, 2.24) is 0 Å². The summed E-state index contributed by atoms with van der Waals surface area (Å²) in [6.45, 7) is 0.476. The molecule has 0 bridgehead atoms. The Labute approximate surface area is 122 Å². The smallest absolute Gasteiger partial charge is 0.133 e. The van der Waals surface area contributed by atoms with Crippen LogP contribution in [-0.4, -0.2) is 14.2 Å². The summed E-state index contributed by atoms with van der Waals surface area (Å²) < 4.78 is 38.9. The standard InChI is InChI=1S/C17H16F2O2/c1-20-8-10-6-12-11-4-3-5-16(18)13(11)7-14(12)17(19)15(10)9-21-2/h3-6H,7-9H2,1-2H3. The number of methoxy groups -OCH3 is 2. The molecule has 0 radical (unpaired) electrons. The van der Waals surface area contributed by atoms with Crippen molar-refractivity contribution in [2.45, 2.75) is 19.6 Å². The number of halogens is 2. The van der Waals surface area contributed by atoms with Crippen molar-refractivity contribution in [3.8, 4) is 11.1 Å². The van der Waals surface area contributed by atoms with Gasteiger partial charge in [-0.15, -0.1) is 0 Å². The van der Waals surface area contributed by atoms with E-state index in [4.69, 9.17) is 9.47 Å². The minimum atomic E-state index is -0.308. The van der Waals surface area contributed by atoms with Gasteiger partial charge in [-0.3, -0.25) is 0 Å². The molecule has 0 amide bonds. The highest BCUT2D eigenvalue weighted by atomic mass is 19.1. The molecule has 4 heteroatoms. The lowest BCUT2D eigenvalue weighted by atomic mass is 9.97. The molecule has 2 nitrogen and oxygen atoms in total. The van der Waals surface area contributed by atoms with Crippen molar-refractivity contribution in [3.05, 3.63) is 58.2 Å². The van der Waals surface area contributed by atoms with Gasteiger partial charge in [-0.05, 0) is 28.8 Å². The minimum Gasteiger partial charge on any atom is -0.380 e. The lowest BCUT2D eigenvalue weighted by Crippen LogP contribution is -2.05. The van der Waals surface area contributed by atoms with Crippen molar-refractivity contribution in [3.63, 3.8) is 0 Å². The molecule has 1 aliphatic rings. The fraction of sp³-hybridized carbons (Fsp3) is 0.294. The van der Waals surface area contributed by atoms with Gasteiger partial charge < -0.3 is 9.47 Å². The molecule has 0 saturated heterocycles. The Kier molecular flexibility index (Phi) is 3.74. The van der Waals surface area contributed by atoms with Gasteiger partial charge >= 0.3 is 0 Å². The first-order valence-corrected chi connectivity index (χ1v) is 6.76. The molecule has 2 aromatic rings. The van der Waals surface area contributed by atoms with E-state index >= 15 is 0 Å². The van der Waals surface area contributed by atoms with Crippen LogP contribution in [0.1, 0.15) is 22.3 Å². The Bertz CT molecular complexity index is 696. The summed E-state index contributed by atoms with van der Waals surface area (Å²) >= 11 is 0. The van der Waals surface area contributed by atoms with Gasteiger partial charge in [0, 0.05) is 37.3 Å². The van der Waals surface area contributed by atoms with Gasteiger partial charge in [-0.1, -0.05) is 12.1 Å². The molecule has 0 fully saturated rings. The quantitative estimate of drug-likeness (QED) is 0.727. The molecule has 1 aliphatic carbocycles. The Balaban J connectivity index is 2.21. The van der Waals surface area contributed by atoms with Crippen LogP contribution in [0.5, 0.6) is 0 Å². The van der Waals surface area contributed by atoms with Gasteiger partial charge in [0.05, 0.1) is 13.2 Å². The zero-order chi connectivity index (χ0) is 15.0. The van der Waals surface area contributed by atoms with E-state index in [0.717, 1.165) is 16.7 Å². The average Bonchev–Trinajstić information content (AvgIpc) is 2.84. The van der Waals surface area contributed by atoms with Gasteiger partial charge in [0.25, 0.3) is 0 Å². The maximum Gasteiger partial charge on any atom is 0.133 e. The van der Waals surface area contributed by atoms with Crippen LogP contribution in [0.25, 0.3) is 11.1 Å². The summed E-state index contributed by atoms with van der Waals surface area (Å²) in [6.07, 6.45) is 0.285. The highest BCUT2D eigenvalue weighted by Crippen LogP contribution is 2.41. The number of hydrogen-bond donors (Lipinski definition) is 0. The molecule has 0 heterocycles. The summed E-state index contributed by atoms with van der Waals surface area (Å²) in [5.41, 5.74) is 3.87. The van der Waals surface area contributed by atoms with E-state index in [1.165, 1.54) is 13.2 Å². The number of ether oxygens (including phenoxy) is 2. The summed E-state index contributed by atoms with van der Waals surface area (Å²) in [7, 11) is 3.09. The molecule has 0 aromatic heterocycles. The van der Waals surface area contributed by atoms with Crippen molar-refractivity contribution in [1.29, 1.82) is 0 Å². The van der Waals surface area contributed by atoms with Crippen molar-refractivity contribution in [2.24, 2.45) is 0 Å². The lowest BCUT2D eigenvalue weighted by Gasteiger charge is -2.14. The molecule has 0 atom stereocenters. The van der Waals surface area contributed by atoms with Gasteiger partial charge in [0.2, 0.25) is 0 Å². The molecule has 110 valence electrons. The summed E-state index contributed by atoms with van der Waals surface area (Å²) in [6, 6.07) is 6.78. The Hall–Kier alpha value is -1.78. The normalized spacial score (nSPS) is 12.4. The zero-order valence-electron chi connectivity index (χ0n) is 12.0. The molecule has 0 spiro atoms. The Morgan fingerprint density at radius 1 is 1.00 bits per heavy atom. The van der Waals surface area contributed by atoms with E-state index in [2.05, 4.69) is 0 Å². The van der Waals surface area contributed by atoms with Crippen LogP contribution in [-0.2, 0) is 29.1 Å². The third kappa shape index (κ3) is 2.24. The van der Waals surface area contributed by atoms with Gasteiger partial charge in [-0.2, -0.15) is 0 Å². The number of rotatable bonds is 4. The predicted octanol–water partition coefficient (Wildman–Crippen LogP) is 3.83. The summed E-state index contributed by atoms with van der Waals surface area (Å²) in [5.74, 6) is -0.596. The van der Waals surface area contributed by atoms with E-state index in [-0.39, 0.29) is 24.7 Å². The van der Waals surface area contributed by atoms with Crippen molar-refractivity contribution < 1.29 is 18.3 Å². The van der Waals surface area contributed by atoms with Crippen molar-refractivity contribution >= 4 is 0 Å². The maximum atomic E-state index is 14.8. The Morgan fingerprint density at radius 2 is 1.76 bits per heavy atom. The fourth-order valence-electron chi connectivity index (χ4n) is 2.96. The van der Waals surface area contributed by atoms with E-state index in [0.29, 0.717) is 23.3 Å². The van der Waals surface area contributed by atoms with Crippen LogP contribution in [0.4, 0.5) is 8.78 Å². The first-order valence-electron chi connectivity index (χ1n) is 6.76. The topological polar surface area (TPSA) is 18.5 Å². The minimum absolute atomic E-state index is 0.177. The van der Waals surface area contributed by atoms with E-state index in [1.54, 1.807) is 13.2 Å². The van der Waals surface area contributed by atoms with Gasteiger partial charge in [0.1, 0.15) is 11.6 Å². The monoisotopic (exact) mass is 290 g/mol. The number of fused-ring (bicyclic) bond motifs is 3. The highest BCUT2D eigenvalue weighted by Gasteiger charge is 2.27. The molecule has 0 saturated carbocycles. The summed E-state index contributed by atoms with van der Waals surface area (Å²) in [4.78, 5) is 0. The molecular formula is C17H16F2O2. The van der Waals surface area contributed by atoms with E-state index < -0.39 is 0 Å². The van der Waals surface area contributed by atoms with Crippen LogP contribution in [0, 0.1) is 11.6 Å². The predicted molar refractivity (Wildman–Crippen MR) is 76.0 cm³/mol. The second-order valence-electron chi connectivity index (χ2n) is 5.16. The van der Waals surface area contributed by atoms with Crippen LogP contribution in [0.15, 0.2) is 24.3 Å². The molecule has 21 heavy (non-hydrogen) atoms. The largest absolute Gasteiger partial charge is 0.380 e. The van der Waals surface area contributed by atoms with Crippen LogP contribution < -0.4 is 0 Å². The maximum absolute atomic E-state index is 14.8. The van der Waals surface area contributed by atoms with Crippen LogP contribution in [0.3, 0.4) is 0 Å². The molecule has 3 rings (SSSR count). The first-order chi connectivity index (χ1) is 10.2. The molecule has 0 aliphatic heterocycles. The number of benzene rings is 2. The van der Waals surface area contributed by atoms with Crippen LogP contribution in [0.2, 0.25) is 0 Å².